The molecule has 22 heavy (non-hydrogen) atoms. The van der Waals surface area contributed by atoms with Crippen LogP contribution in [-0.2, 0) is 9.59 Å². The molecule has 0 aromatic carbocycles. The molecule has 4 nitrogen and oxygen atoms in total. The summed E-state index contributed by atoms with van der Waals surface area (Å²) in [5, 5.41) is 3.06. The van der Waals surface area contributed by atoms with E-state index in [0.717, 1.165) is 25.9 Å². The van der Waals surface area contributed by atoms with Crippen LogP contribution in [0.2, 0.25) is 0 Å². The highest BCUT2D eigenvalue weighted by atomic mass is 35.5. The monoisotopic (exact) mass is 330 g/mol. The van der Waals surface area contributed by atoms with E-state index in [1.54, 1.807) is 0 Å². The molecule has 128 valence electrons. The number of halogens is 1. The molecule has 0 spiro atoms. The van der Waals surface area contributed by atoms with Gasteiger partial charge in [0.1, 0.15) is 0 Å². The van der Waals surface area contributed by atoms with E-state index in [9.17, 15) is 9.59 Å². The molecule has 0 radical (unpaired) electrons. The SMILES string of the molecule is CCN(CC)C(C)C(=O)NC1C(=O)C2(C)CCC1C2(C)C.Cl. The van der Waals surface area contributed by atoms with E-state index < -0.39 is 0 Å². The van der Waals surface area contributed by atoms with E-state index in [1.807, 2.05) is 6.92 Å². The first-order chi connectivity index (χ1) is 9.70. The van der Waals surface area contributed by atoms with E-state index in [-0.39, 0.29) is 52.9 Å². The molecule has 2 fully saturated rings. The number of fused-ring (bicyclic) bond motifs is 2. The fourth-order valence-corrected chi connectivity index (χ4v) is 4.46. The van der Waals surface area contributed by atoms with Crippen LogP contribution in [0.3, 0.4) is 0 Å². The minimum atomic E-state index is -0.288. The summed E-state index contributed by atoms with van der Waals surface area (Å²) in [5.74, 6) is 0.510. The zero-order valence-electron chi connectivity index (χ0n) is 14.7. The largest absolute Gasteiger partial charge is 0.345 e. The fraction of sp³-hybridized carbons (Fsp3) is 0.882. The maximum atomic E-state index is 12.7. The van der Waals surface area contributed by atoms with E-state index in [1.165, 1.54) is 0 Å². The quantitative estimate of drug-likeness (QED) is 0.843. The van der Waals surface area contributed by atoms with E-state index in [4.69, 9.17) is 0 Å². The lowest BCUT2D eigenvalue weighted by molar-refractivity contribution is -0.134. The molecule has 1 N–H and O–H groups in total. The molecular formula is C17H31ClN2O2. The summed E-state index contributed by atoms with van der Waals surface area (Å²) in [6.07, 6.45) is 2.00. The number of hydrogen-bond donors (Lipinski definition) is 1. The molecule has 0 saturated heterocycles. The Bertz CT molecular complexity index is 448. The first-order valence-corrected chi connectivity index (χ1v) is 8.29. The van der Waals surface area contributed by atoms with Gasteiger partial charge in [-0.3, -0.25) is 14.5 Å². The maximum absolute atomic E-state index is 12.7. The van der Waals surface area contributed by atoms with Gasteiger partial charge in [0, 0.05) is 5.41 Å². The Kier molecular flexibility index (Phi) is 5.73. The highest BCUT2D eigenvalue weighted by Crippen LogP contribution is 2.63. The Balaban J connectivity index is 0.00000242. The summed E-state index contributed by atoms with van der Waals surface area (Å²) in [4.78, 5) is 27.3. The van der Waals surface area contributed by atoms with Crippen molar-refractivity contribution in [1.29, 1.82) is 0 Å². The molecule has 0 aromatic heterocycles. The molecule has 2 bridgehead atoms. The third kappa shape index (κ3) is 2.58. The molecule has 0 aromatic rings. The fourth-order valence-electron chi connectivity index (χ4n) is 4.46. The number of nitrogens with one attached hydrogen (secondary N) is 1. The first-order valence-electron chi connectivity index (χ1n) is 8.29. The van der Waals surface area contributed by atoms with Gasteiger partial charge in [-0.05, 0) is 44.2 Å². The lowest BCUT2D eigenvalue weighted by Crippen LogP contribution is -2.52. The van der Waals surface area contributed by atoms with Crippen LogP contribution in [0, 0.1) is 16.7 Å². The molecule has 2 saturated carbocycles. The molecule has 2 aliphatic rings. The standard InChI is InChI=1S/C17H30N2O2.ClH/c1-7-19(8-2)11(3)15(21)18-13-12-9-10-17(6,14(13)20)16(12,4)5;/h11-13H,7-10H2,1-6H3,(H,18,21);1H. The summed E-state index contributed by atoms with van der Waals surface area (Å²) in [6, 6.07) is -0.466. The summed E-state index contributed by atoms with van der Waals surface area (Å²) < 4.78 is 0. The van der Waals surface area contributed by atoms with E-state index in [0.29, 0.717) is 0 Å². The van der Waals surface area contributed by atoms with Crippen molar-refractivity contribution in [3.63, 3.8) is 0 Å². The Morgan fingerprint density at radius 2 is 1.86 bits per heavy atom. The molecule has 2 aliphatic carbocycles. The molecule has 4 unspecified atom stereocenters. The summed E-state index contributed by atoms with van der Waals surface area (Å²) in [6.45, 7) is 14.2. The average molecular weight is 331 g/mol. The Hall–Kier alpha value is -0.610. The second-order valence-electron chi connectivity index (χ2n) is 7.45. The molecule has 1 amide bonds. The molecule has 5 heteroatoms. The summed E-state index contributed by atoms with van der Waals surface area (Å²) in [5.41, 5.74) is -0.283. The zero-order valence-corrected chi connectivity index (χ0v) is 15.5. The van der Waals surface area contributed by atoms with Crippen molar-refractivity contribution >= 4 is 24.1 Å². The van der Waals surface area contributed by atoms with Crippen molar-refractivity contribution in [1.82, 2.24) is 10.2 Å². The van der Waals surface area contributed by atoms with Gasteiger partial charge in [-0.2, -0.15) is 0 Å². The predicted octanol–water partition coefficient (Wildman–Crippen LogP) is 2.65. The number of carbonyl (C=O) groups excluding carboxylic acids is 2. The van der Waals surface area contributed by atoms with Crippen molar-refractivity contribution in [3.05, 3.63) is 0 Å². The van der Waals surface area contributed by atoms with Gasteiger partial charge in [0.25, 0.3) is 0 Å². The maximum Gasteiger partial charge on any atom is 0.237 e. The Morgan fingerprint density at radius 1 is 1.32 bits per heavy atom. The second-order valence-corrected chi connectivity index (χ2v) is 7.45. The second kappa shape index (κ2) is 6.48. The van der Waals surface area contributed by atoms with Crippen LogP contribution < -0.4 is 5.32 Å². The van der Waals surface area contributed by atoms with Gasteiger partial charge in [0.2, 0.25) is 5.91 Å². The van der Waals surface area contributed by atoms with Crippen molar-refractivity contribution in [2.24, 2.45) is 16.7 Å². The number of nitrogens with zero attached hydrogens (tertiary/aromatic N) is 1. The van der Waals surface area contributed by atoms with Gasteiger partial charge in [-0.15, -0.1) is 12.4 Å². The number of carbonyl (C=O) groups is 2. The van der Waals surface area contributed by atoms with Crippen molar-refractivity contribution in [3.8, 4) is 0 Å². The van der Waals surface area contributed by atoms with Gasteiger partial charge in [-0.1, -0.05) is 34.6 Å². The van der Waals surface area contributed by atoms with Crippen molar-refractivity contribution in [2.45, 2.75) is 66.5 Å². The highest BCUT2D eigenvalue weighted by molar-refractivity contribution is 5.97. The highest BCUT2D eigenvalue weighted by Gasteiger charge is 2.66. The van der Waals surface area contributed by atoms with Gasteiger partial charge in [-0.25, -0.2) is 0 Å². The molecule has 4 atom stereocenters. The number of Topliss-reactive ketones (excluding diaryl/α,β-unsaturated/α-hetero) is 1. The van der Waals surface area contributed by atoms with E-state index >= 15 is 0 Å². The van der Waals surface area contributed by atoms with Crippen LogP contribution in [0.4, 0.5) is 0 Å². The van der Waals surface area contributed by atoms with Crippen LogP contribution in [0.1, 0.15) is 54.4 Å². The molecule has 2 rings (SSSR count). The zero-order chi connectivity index (χ0) is 16.0. The molecular weight excluding hydrogens is 300 g/mol. The normalized spacial score (nSPS) is 33.7. The number of hydrogen-bond acceptors (Lipinski definition) is 3. The average Bonchev–Trinajstić information content (AvgIpc) is 2.74. The van der Waals surface area contributed by atoms with Gasteiger partial charge < -0.3 is 5.32 Å². The van der Waals surface area contributed by atoms with Crippen LogP contribution in [0.15, 0.2) is 0 Å². The van der Waals surface area contributed by atoms with Crippen LogP contribution in [-0.4, -0.2) is 41.8 Å². The smallest absolute Gasteiger partial charge is 0.237 e. The molecule has 0 aliphatic heterocycles. The third-order valence-electron chi connectivity index (χ3n) is 6.57. The number of amides is 1. The van der Waals surface area contributed by atoms with Crippen LogP contribution in [0.25, 0.3) is 0 Å². The summed E-state index contributed by atoms with van der Waals surface area (Å²) >= 11 is 0. The minimum Gasteiger partial charge on any atom is -0.345 e. The Labute approximate surface area is 140 Å². The molecule has 0 heterocycles. The van der Waals surface area contributed by atoms with E-state index in [2.05, 4.69) is 44.8 Å². The predicted molar refractivity (Wildman–Crippen MR) is 91.2 cm³/mol. The third-order valence-corrected chi connectivity index (χ3v) is 6.57. The summed E-state index contributed by atoms with van der Waals surface area (Å²) in [7, 11) is 0. The van der Waals surface area contributed by atoms with Crippen molar-refractivity contribution < 1.29 is 9.59 Å². The lowest BCUT2D eigenvalue weighted by Gasteiger charge is -2.32. The van der Waals surface area contributed by atoms with Gasteiger partial charge >= 0.3 is 0 Å². The number of likely N-dealkylation sites (N-methyl/N-ethyl adjacent to an activating group) is 1. The number of rotatable bonds is 5. The van der Waals surface area contributed by atoms with Gasteiger partial charge in [0.15, 0.2) is 5.78 Å². The topological polar surface area (TPSA) is 49.4 Å². The lowest BCUT2D eigenvalue weighted by atomic mass is 9.70. The number of ketones is 1. The first kappa shape index (κ1) is 19.4. The van der Waals surface area contributed by atoms with Crippen LogP contribution >= 0.6 is 12.4 Å². The minimum absolute atomic E-state index is 0. The Morgan fingerprint density at radius 3 is 2.27 bits per heavy atom. The van der Waals surface area contributed by atoms with Gasteiger partial charge in [0.05, 0.1) is 12.1 Å². The van der Waals surface area contributed by atoms with Crippen molar-refractivity contribution in [2.75, 3.05) is 13.1 Å². The van der Waals surface area contributed by atoms with Crippen LogP contribution in [0.5, 0.6) is 0 Å².